The molecule has 70 valence electrons. The van der Waals surface area contributed by atoms with Crippen LogP contribution in [0.3, 0.4) is 0 Å². The molecule has 0 saturated carbocycles. The molecule has 0 radical (unpaired) electrons. The summed E-state index contributed by atoms with van der Waals surface area (Å²) in [6.45, 7) is 0. The Morgan fingerprint density at radius 3 is 3.25 bits per heavy atom. The van der Waals surface area contributed by atoms with E-state index in [1.807, 2.05) is 0 Å². The molecule has 2 nitrogen and oxygen atoms in total. The van der Waals surface area contributed by atoms with Gasteiger partial charge in [0.1, 0.15) is 0 Å². The van der Waals surface area contributed by atoms with Gasteiger partial charge in [0.15, 0.2) is 0 Å². The maximum absolute atomic E-state index is 11.0. The van der Waals surface area contributed by atoms with Crippen molar-refractivity contribution in [3.8, 4) is 0 Å². The van der Waals surface area contributed by atoms with Crippen LogP contribution in [0.5, 0.6) is 0 Å². The fraction of sp³-hybridized carbons (Fsp3) is 0.875. The van der Waals surface area contributed by atoms with Gasteiger partial charge in [0, 0.05) is 35.1 Å². The van der Waals surface area contributed by atoms with Crippen molar-refractivity contribution in [1.29, 1.82) is 0 Å². The highest BCUT2D eigenvalue weighted by Gasteiger charge is 2.15. The second kappa shape index (κ2) is 5.75. The van der Waals surface area contributed by atoms with E-state index in [2.05, 4.69) is 0 Å². The molecule has 1 atom stereocenters. The molecule has 0 aliphatic carbocycles. The maximum Gasteiger partial charge on any atom is 0.303 e. The van der Waals surface area contributed by atoms with E-state index in [9.17, 15) is 4.79 Å². The van der Waals surface area contributed by atoms with Gasteiger partial charge in [-0.2, -0.15) is 0 Å². The predicted molar refractivity (Wildman–Crippen MR) is 54.6 cm³/mol. The van der Waals surface area contributed by atoms with Gasteiger partial charge in [-0.05, 0) is 19.1 Å². The summed E-state index contributed by atoms with van der Waals surface area (Å²) in [6, 6.07) is 0. The van der Waals surface area contributed by atoms with Gasteiger partial charge >= 0.3 is 5.97 Å². The summed E-state index contributed by atoms with van der Waals surface area (Å²) in [5.41, 5.74) is -2.82. The molecular weight excluding hydrogens is 192 g/mol. The molecule has 0 bridgehead atoms. The fourth-order valence-corrected chi connectivity index (χ4v) is 1.64. The highest BCUT2D eigenvalue weighted by Crippen LogP contribution is 2.39. The molecule has 1 fully saturated rings. The molecule has 1 N–H and O–H groups in total. The summed E-state index contributed by atoms with van der Waals surface area (Å²) in [5, 5.41) is 5.59. The van der Waals surface area contributed by atoms with Crippen LogP contribution in [0.25, 0.3) is 0 Å². The van der Waals surface area contributed by atoms with E-state index in [0.29, 0.717) is 0 Å². The van der Waals surface area contributed by atoms with E-state index in [4.69, 9.17) is 22.9 Å². The lowest BCUT2D eigenvalue weighted by Gasteiger charge is -2.04. The Hall–Kier alpha value is 0.170. The van der Waals surface area contributed by atoms with Crippen LogP contribution in [0.4, 0.5) is 0 Å². The second-order valence-corrected chi connectivity index (χ2v) is 3.47. The number of hydrogen-bond acceptors (Lipinski definition) is 3. The first-order chi connectivity index (χ1) is 10.7. The first-order valence-electron chi connectivity index (χ1n) is 9.25. The van der Waals surface area contributed by atoms with E-state index in [-0.39, 0.29) is 21.6 Å². The van der Waals surface area contributed by atoms with Crippen LogP contribution >= 0.6 is 21.6 Å². The topological polar surface area (TPSA) is 37.3 Å². The number of carbonyl (C=O) groups is 1. The molecule has 0 amide bonds. The molecule has 0 aromatic heterocycles. The number of rotatable bonds is 5. The summed E-state index contributed by atoms with van der Waals surface area (Å²) in [4.78, 5) is 11.0. The quantitative estimate of drug-likeness (QED) is 0.722. The largest absolute Gasteiger partial charge is 0.481 e. The van der Waals surface area contributed by atoms with Crippen LogP contribution in [0.1, 0.15) is 49.7 Å². The van der Waals surface area contributed by atoms with Gasteiger partial charge in [0.05, 0.1) is 0 Å². The molecule has 4 heteroatoms. The Morgan fingerprint density at radius 2 is 2.67 bits per heavy atom. The zero-order chi connectivity index (χ0) is 20.5. The third kappa shape index (κ3) is 4.26. The third-order valence-corrected chi connectivity index (χ3v) is 2.38. The van der Waals surface area contributed by atoms with Gasteiger partial charge in [0.2, 0.25) is 0 Å². The van der Waals surface area contributed by atoms with Crippen molar-refractivity contribution < 1.29 is 27.7 Å². The number of aliphatic carboxylic acids is 1. The highest BCUT2D eigenvalue weighted by molar-refractivity contribution is 8.77. The van der Waals surface area contributed by atoms with Crippen LogP contribution in [-0.4, -0.2) is 22.0 Å². The predicted octanol–water partition coefficient (Wildman–Crippen LogP) is 2.79. The van der Waals surface area contributed by atoms with Crippen LogP contribution in [0.15, 0.2) is 0 Å². The van der Waals surface area contributed by atoms with Crippen LogP contribution < -0.4 is 0 Å². The monoisotopic (exact) mass is 219 g/mol. The molecule has 0 spiro atoms. The number of hydrogen-bond donors (Lipinski definition) is 1. The zero-order valence-electron chi connectivity index (χ0n) is 18.7. The van der Waals surface area contributed by atoms with Crippen molar-refractivity contribution in [1.82, 2.24) is 0 Å². The summed E-state index contributed by atoms with van der Waals surface area (Å²) >= 11 is 0. The molecule has 12 heavy (non-hydrogen) atoms. The lowest BCUT2D eigenvalue weighted by molar-refractivity contribution is -0.137. The molecule has 0 aromatic rings. The summed E-state index contributed by atoms with van der Waals surface area (Å²) < 4.78 is 99.6. The lowest BCUT2D eigenvalue weighted by atomic mass is 10.1. The van der Waals surface area contributed by atoms with Crippen molar-refractivity contribution in [2.75, 3.05) is 5.70 Å². The number of carboxylic acid groups (broad SMARTS) is 1. The van der Waals surface area contributed by atoms with Gasteiger partial charge in [0.25, 0.3) is 0 Å². The molecular formula is C8H14O2S2. The minimum Gasteiger partial charge on any atom is -0.481 e. The van der Waals surface area contributed by atoms with E-state index in [1.165, 1.54) is 0 Å². The molecule has 0 aromatic carbocycles. The molecule has 1 rings (SSSR count). The Kier molecular flexibility index (Phi) is 1.15. The Bertz CT molecular complexity index is 576. The lowest BCUT2D eigenvalue weighted by Crippen LogP contribution is -1.99. The van der Waals surface area contributed by atoms with Crippen LogP contribution in [0.2, 0.25) is 0 Å². The normalized spacial score (nSPS) is 58.2. The van der Waals surface area contributed by atoms with E-state index < -0.39 is 48.8 Å². The number of carboxylic acids is 1. The Morgan fingerprint density at radius 1 is 1.83 bits per heavy atom. The van der Waals surface area contributed by atoms with Crippen LogP contribution in [0, 0.1) is 0 Å². The average molecular weight is 219 g/mol. The summed E-state index contributed by atoms with van der Waals surface area (Å²) in [7, 11) is 0.138. The molecule has 1 aliphatic heterocycles. The Labute approximate surface area is 99.2 Å². The fourth-order valence-electron chi connectivity index (χ4n) is 0.375. The maximum atomic E-state index is 11.0. The van der Waals surface area contributed by atoms with Crippen molar-refractivity contribution in [3.63, 3.8) is 0 Å². The van der Waals surface area contributed by atoms with Gasteiger partial charge in [-0.1, -0.05) is 28.0 Å². The third-order valence-electron chi connectivity index (χ3n) is 0.739. The molecule has 1 aliphatic rings. The SMILES string of the molecule is [2H]C1([2H])SSC([2H])(C([2H])([2H])C([2H])([2H])C([2H])([2H])C([2H])([2H])C(=O)O)C1([2H])[2H]. The molecule has 1 saturated heterocycles. The standard InChI is InChI=1S/C8H14O2S2/c9-8(10)4-2-1-3-7-5-6-11-12-7/h7H,1-6H2,(H,9,10)/i1D2,2D2,3D2,4D2,5D2,6D2,7D. The zero-order valence-corrected chi connectivity index (χ0v) is 7.30. The van der Waals surface area contributed by atoms with Crippen molar-refractivity contribution in [3.05, 3.63) is 0 Å². The van der Waals surface area contributed by atoms with Crippen molar-refractivity contribution in [2.45, 2.75) is 37.1 Å². The molecule has 1 heterocycles. The minimum atomic E-state index is -4.01. The van der Waals surface area contributed by atoms with Gasteiger partial charge in [-0.25, -0.2) is 0 Å². The van der Waals surface area contributed by atoms with E-state index in [1.54, 1.807) is 0 Å². The van der Waals surface area contributed by atoms with Crippen molar-refractivity contribution >= 4 is 27.6 Å². The van der Waals surface area contributed by atoms with E-state index >= 15 is 0 Å². The molecule has 1 unspecified atom stereocenters. The first-order valence-corrected chi connectivity index (χ1v) is 4.90. The minimum absolute atomic E-state index is 0.00931. The van der Waals surface area contributed by atoms with Gasteiger partial charge in [-0.15, -0.1) is 0 Å². The van der Waals surface area contributed by atoms with Gasteiger partial charge < -0.3 is 5.11 Å². The first kappa shape index (κ1) is 2.40. The van der Waals surface area contributed by atoms with Gasteiger partial charge in [-0.3, -0.25) is 4.79 Å². The highest BCUT2D eigenvalue weighted by atomic mass is 33.1. The summed E-state index contributed by atoms with van der Waals surface area (Å²) in [5.74, 6) is -2.40. The van der Waals surface area contributed by atoms with Crippen LogP contribution in [-0.2, 0) is 4.79 Å². The summed E-state index contributed by atoms with van der Waals surface area (Å²) in [6.07, 6.45) is -19.1. The van der Waals surface area contributed by atoms with Crippen molar-refractivity contribution in [2.24, 2.45) is 0 Å². The smallest absolute Gasteiger partial charge is 0.303 e. The Balaban J connectivity index is 3.59. The second-order valence-electron chi connectivity index (χ2n) is 1.53. The average Bonchev–Trinajstić information content (AvgIpc) is 2.58. The van der Waals surface area contributed by atoms with E-state index in [0.717, 1.165) is 0 Å².